The Hall–Kier alpha value is -1.23. The lowest BCUT2D eigenvalue weighted by molar-refractivity contribution is 0.103. The van der Waals surface area contributed by atoms with Crippen LogP contribution in [0.5, 0.6) is 0 Å². The molecule has 4 heterocycles. The molecule has 2 aromatic rings. The van der Waals surface area contributed by atoms with Crippen molar-refractivity contribution in [3.63, 3.8) is 0 Å². The van der Waals surface area contributed by atoms with Gasteiger partial charge >= 0.3 is 0 Å². The molecule has 2 aliphatic rings. The number of thiophene rings is 1. The molecule has 2 aliphatic heterocycles. The Bertz CT molecular complexity index is 805. The van der Waals surface area contributed by atoms with Crippen molar-refractivity contribution < 1.29 is 0 Å². The minimum Gasteiger partial charge on any atom is -0.291 e. The van der Waals surface area contributed by atoms with Crippen LogP contribution in [0.25, 0.3) is 0 Å². The average molecular weight is 412 g/mol. The molecule has 3 nitrogen and oxygen atoms in total. The highest BCUT2D eigenvalue weighted by Gasteiger charge is 2.38. The Kier molecular flexibility index (Phi) is 5.89. The van der Waals surface area contributed by atoms with Gasteiger partial charge < -0.3 is 0 Å². The maximum absolute atomic E-state index is 4.67. The number of hydrogen-bond acceptors (Lipinski definition) is 4. The van der Waals surface area contributed by atoms with Crippen LogP contribution in [0.15, 0.2) is 36.5 Å². The predicted molar refractivity (Wildman–Crippen MR) is 123 cm³/mol. The number of hydrogen-bond donors (Lipinski definition) is 0. The van der Waals surface area contributed by atoms with Gasteiger partial charge in [-0.1, -0.05) is 6.07 Å². The molecule has 0 radical (unpaired) electrons. The second kappa shape index (κ2) is 8.13. The van der Waals surface area contributed by atoms with E-state index in [1.165, 1.54) is 49.3 Å². The Labute approximate surface area is 181 Å². The molecule has 0 spiro atoms. The molecule has 4 rings (SSSR count). The zero-order valence-corrected chi connectivity index (χ0v) is 19.6. The van der Waals surface area contributed by atoms with Gasteiger partial charge in [-0.15, -0.1) is 11.3 Å². The molecule has 4 heteroatoms. The third kappa shape index (κ3) is 4.45. The third-order valence-corrected chi connectivity index (χ3v) is 7.98. The van der Waals surface area contributed by atoms with Crippen LogP contribution in [0.2, 0.25) is 0 Å². The summed E-state index contributed by atoms with van der Waals surface area (Å²) in [6.45, 7) is 14.3. The van der Waals surface area contributed by atoms with E-state index < -0.39 is 0 Å². The van der Waals surface area contributed by atoms with Gasteiger partial charge in [-0.25, -0.2) is 0 Å². The summed E-state index contributed by atoms with van der Waals surface area (Å²) in [5, 5.41) is 0. The number of pyridine rings is 1. The van der Waals surface area contributed by atoms with Crippen LogP contribution >= 0.6 is 11.3 Å². The van der Waals surface area contributed by atoms with E-state index in [2.05, 4.69) is 73.7 Å². The van der Waals surface area contributed by atoms with Crippen LogP contribution < -0.4 is 0 Å². The quantitative estimate of drug-likeness (QED) is 0.581. The molecule has 2 unspecified atom stereocenters. The lowest BCUT2D eigenvalue weighted by Gasteiger charge is -2.39. The van der Waals surface area contributed by atoms with Gasteiger partial charge in [0.25, 0.3) is 0 Å². The van der Waals surface area contributed by atoms with Crippen molar-refractivity contribution in [1.29, 1.82) is 0 Å². The van der Waals surface area contributed by atoms with Gasteiger partial charge in [0.2, 0.25) is 0 Å². The number of aromatic nitrogens is 1. The second-order valence-electron chi connectivity index (χ2n) is 10.4. The molecule has 0 N–H and O–H groups in total. The van der Waals surface area contributed by atoms with Gasteiger partial charge in [0.15, 0.2) is 0 Å². The molecular weight excluding hydrogens is 374 g/mol. The molecule has 29 heavy (non-hydrogen) atoms. The minimum atomic E-state index is 0.139. The van der Waals surface area contributed by atoms with Gasteiger partial charge in [-0.05, 0) is 104 Å². The van der Waals surface area contributed by atoms with Gasteiger partial charge in [-0.2, -0.15) is 0 Å². The molecule has 2 fully saturated rings. The summed E-state index contributed by atoms with van der Waals surface area (Å²) in [6, 6.07) is 12.2. The fourth-order valence-corrected chi connectivity index (χ4v) is 6.82. The fourth-order valence-electron chi connectivity index (χ4n) is 5.43. The van der Waals surface area contributed by atoms with Crippen molar-refractivity contribution >= 4 is 11.3 Å². The summed E-state index contributed by atoms with van der Waals surface area (Å²) in [6.07, 6.45) is 8.16. The minimum absolute atomic E-state index is 0.139. The molecule has 0 amide bonds. The van der Waals surface area contributed by atoms with Crippen molar-refractivity contribution in [2.75, 3.05) is 13.1 Å². The van der Waals surface area contributed by atoms with Crippen molar-refractivity contribution in [2.45, 2.75) is 89.9 Å². The molecule has 2 saturated heterocycles. The average Bonchev–Trinajstić information content (AvgIpc) is 3.41. The zero-order chi connectivity index (χ0) is 20.6. The Balaban J connectivity index is 1.49. The Morgan fingerprint density at radius 2 is 1.66 bits per heavy atom. The molecule has 0 saturated carbocycles. The van der Waals surface area contributed by atoms with Crippen molar-refractivity contribution in [3.05, 3.63) is 52.0 Å². The van der Waals surface area contributed by atoms with Crippen LogP contribution in [0.1, 0.15) is 87.8 Å². The van der Waals surface area contributed by atoms with E-state index >= 15 is 0 Å². The first-order valence-corrected chi connectivity index (χ1v) is 12.1. The van der Waals surface area contributed by atoms with Crippen molar-refractivity contribution in [2.24, 2.45) is 0 Å². The van der Waals surface area contributed by atoms with E-state index in [1.54, 1.807) is 4.88 Å². The SMILES string of the molecule is CC(C)(C)N1CCCC1c1ccc(CC(C)(C)N2CCCC2c2ccccn2)s1. The van der Waals surface area contributed by atoms with Gasteiger partial charge in [-0.3, -0.25) is 14.8 Å². The van der Waals surface area contributed by atoms with E-state index in [1.807, 2.05) is 23.6 Å². The summed E-state index contributed by atoms with van der Waals surface area (Å²) in [5.41, 5.74) is 1.62. The first-order chi connectivity index (χ1) is 13.8. The standard InChI is InChI=1S/C25H37N3S/c1-24(2,3)27-16-9-12-22(27)23-14-13-19(29-23)18-25(4,5)28-17-8-11-21(28)20-10-6-7-15-26-20/h6-7,10,13-15,21-22H,8-9,11-12,16-18H2,1-5H3. The van der Waals surface area contributed by atoms with E-state index in [-0.39, 0.29) is 11.1 Å². The molecule has 0 aromatic carbocycles. The molecule has 2 aromatic heterocycles. The van der Waals surface area contributed by atoms with Gasteiger partial charge in [0, 0.05) is 33.1 Å². The van der Waals surface area contributed by atoms with Crippen molar-refractivity contribution in [1.82, 2.24) is 14.8 Å². The smallest absolute Gasteiger partial charge is 0.0575 e. The molecule has 158 valence electrons. The first kappa shape index (κ1) is 21.0. The lowest BCUT2D eigenvalue weighted by Crippen LogP contribution is -2.45. The van der Waals surface area contributed by atoms with Gasteiger partial charge in [0.05, 0.1) is 11.7 Å². The van der Waals surface area contributed by atoms with Crippen LogP contribution in [0.3, 0.4) is 0 Å². The summed E-state index contributed by atoms with van der Waals surface area (Å²) in [4.78, 5) is 13.2. The highest BCUT2D eigenvalue weighted by Crippen LogP contribution is 2.42. The van der Waals surface area contributed by atoms with E-state index in [4.69, 9.17) is 0 Å². The first-order valence-electron chi connectivity index (χ1n) is 11.3. The highest BCUT2D eigenvalue weighted by atomic mass is 32.1. The van der Waals surface area contributed by atoms with Crippen LogP contribution in [-0.2, 0) is 6.42 Å². The third-order valence-electron chi connectivity index (χ3n) is 6.79. The maximum Gasteiger partial charge on any atom is 0.0575 e. The molecule has 0 bridgehead atoms. The second-order valence-corrected chi connectivity index (χ2v) is 11.6. The largest absolute Gasteiger partial charge is 0.291 e. The highest BCUT2D eigenvalue weighted by molar-refractivity contribution is 7.12. The Morgan fingerprint density at radius 3 is 2.34 bits per heavy atom. The number of likely N-dealkylation sites (tertiary alicyclic amines) is 2. The predicted octanol–water partition coefficient (Wildman–Crippen LogP) is 6.24. The van der Waals surface area contributed by atoms with Gasteiger partial charge in [0.1, 0.15) is 0 Å². The number of rotatable bonds is 5. The summed E-state index contributed by atoms with van der Waals surface area (Å²) >= 11 is 2.05. The summed E-state index contributed by atoms with van der Waals surface area (Å²) in [7, 11) is 0. The number of nitrogens with zero attached hydrogens (tertiary/aromatic N) is 3. The molecule has 2 atom stereocenters. The zero-order valence-electron chi connectivity index (χ0n) is 18.8. The monoisotopic (exact) mass is 411 g/mol. The topological polar surface area (TPSA) is 19.4 Å². The molecular formula is C25H37N3S. The lowest BCUT2D eigenvalue weighted by atomic mass is 9.95. The van der Waals surface area contributed by atoms with E-state index in [0.717, 1.165) is 6.42 Å². The van der Waals surface area contributed by atoms with Crippen LogP contribution in [0, 0.1) is 0 Å². The van der Waals surface area contributed by atoms with E-state index in [9.17, 15) is 0 Å². The van der Waals surface area contributed by atoms with E-state index in [0.29, 0.717) is 12.1 Å². The fraction of sp³-hybridized carbons (Fsp3) is 0.640. The Morgan fingerprint density at radius 1 is 0.931 bits per heavy atom. The van der Waals surface area contributed by atoms with Crippen LogP contribution in [-0.4, -0.2) is 39.0 Å². The maximum atomic E-state index is 4.67. The molecule has 0 aliphatic carbocycles. The summed E-state index contributed by atoms with van der Waals surface area (Å²) in [5.74, 6) is 0. The summed E-state index contributed by atoms with van der Waals surface area (Å²) < 4.78 is 0. The van der Waals surface area contributed by atoms with Crippen LogP contribution in [0.4, 0.5) is 0 Å². The van der Waals surface area contributed by atoms with Crippen molar-refractivity contribution in [3.8, 4) is 0 Å². The normalized spacial score (nSPS) is 24.4.